The molecule has 0 spiro atoms. The lowest BCUT2D eigenvalue weighted by atomic mass is 9.89. The molecule has 0 saturated carbocycles. The Labute approximate surface area is 135 Å². The van der Waals surface area contributed by atoms with E-state index in [9.17, 15) is 4.79 Å². The lowest BCUT2D eigenvalue weighted by Crippen LogP contribution is -2.29. The standard InChI is InChI=1S/C19H21N3O/c1-19(2,3)17-15-6-4-5-7-16(15)22(18(23)21-17)13-10-14-8-11-20-12-9-14/h4-9,11-12H,10,13H2,1-3H3. The van der Waals surface area contributed by atoms with Gasteiger partial charge in [-0.2, -0.15) is 4.98 Å². The Balaban J connectivity index is 2.08. The van der Waals surface area contributed by atoms with Crippen molar-refractivity contribution in [3.05, 3.63) is 70.5 Å². The molecular formula is C19H21N3O. The van der Waals surface area contributed by atoms with Crippen molar-refractivity contribution in [2.75, 3.05) is 0 Å². The molecule has 2 heterocycles. The first-order chi connectivity index (χ1) is 11.0. The molecule has 3 aromatic rings. The van der Waals surface area contributed by atoms with Gasteiger partial charge in [-0.1, -0.05) is 39.0 Å². The summed E-state index contributed by atoms with van der Waals surface area (Å²) in [4.78, 5) is 21.0. The van der Waals surface area contributed by atoms with Crippen LogP contribution in [-0.4, -0.2) is 14.5 Å². The molecule has 0 saturated heterocycles. The summed E-state index contributed by atoms with van der Waals surface area (Å²) in [5.41, 5.74) is 2.63. The SMILES string of the molecule is CC(C)(C)c1nc(=O)n(CCc2ccncc2)c2ccccc12. The first-order valence-electron chi connectivity index (χ1n) is 7.86. The smallest absolute Gasteiger partial charge is 0.292 e. The number of hydrogen-bond donors (Lipinski definition) is 0. The monoisotopic (exact) mass is 307 g/mol. The highest BCUT2D eigenvalue weighted by molar-refractivity contribution is 5.82. The number of benzene rings is 1. The average molecular weight is 307 g/mol. The normalized spacial score (nSPS) is 11.8. The predicted molar refractivity (Wildman–Crippen MR) is 92.6 cm³/mol. The van der Waals surface area contributed by atoms with Crippen LogP contribution in [0.25, 0.3) is 10.9 Å². The fourth-order valence-electron chi connectivity index (χ4n) is 2.81. The van der Waals surface area contributed by atoms with Crippen LogP contribution in [0.15, 0.2) is 53.6 Å². The van der Waals surface area contributed by atoms with E-state index in [1.807, 2.05) is 36.4 Å². The van der Waals surface area contributed by atoms with E-state index in [2.05, 4.69) is 30.7 Å². The van der Waals surface area contributed by atoms with Crippen molar-refractivity contribution in [3.63, 3.8) is 0 Å². The molecule has 118 valence electrons. The summed E-state index contributed by atoms with van der Waals surface area (Å²) >= 11 is 0. The molecule has 0 aliphatic rings. The molecule has 0 fully saturated rings. The number of aryl methyl sites for hydroxylation is 2. The summed E-state index contributed by atoms with van der Waals surface area (Å²) < 4.78 is 1.77. The van der Waals surface area contributed by atoms with Gasteiger partial charge in [0.15, 0.2) is 0 Å². The number of hydrogen-bond acceptors (Lipinski definition) is 3. The third kappa shape index (κ3) is 3.16. The van der Waals surface area contributed by atoms with Crippen LogP contribution in [0.4, 0.5) is 0 Å². The zero-order valence-corrected chi connectivity index (χ0v) is 13.8. The van der Waals surface area contributed by atoms with Crippen LogP contribution >= 0.6 is 0 Å². The summed E-state index contributed by atoms with van der Waals surface area (Å²) in [6.45, 7) is 6.87. The summed E-state index contributed by atoms with van der Waals surface area (Å²) in [7, 11) is 0. The van der Waals surface area contributed by atoms with E-state index < -0.39 is 0 Å². The van der Waals surface area contributed by atoms with Crippen molar-refractivity contribution in [1.29, 1.82) is 0 Å². The number of fused-ring (bicyclic) bond motifs is 1. The second-order valence-electron chi connectivity index (χ2n) is 6.77. The molecule has 0 N–H and O–H groups in total. The van der Waals surface area contributed by atoms with Gasteiger partial charge in [-0.25, -0.2) is 4.79 Å². The van der Waals surface area contributed by atoms with Gasteiger partial charge in [-0.15, -0.1) is 0 Å². The maximum absolute atomic E-state index is 12.6. The molecule has 0 aliphatic carbocycles. The van der Waals surface area contributed by atoms with Gasteiger partial charge in [0.05, 0.1) is 11.2 Å². The van der Waals surface area contributed by atoms with Gasteiger partial charge in [0.1, 0.15) is 0 Å². The van der Waals surface area contributed by atoms with Crippen LogP contribution in [-0.2, 0) is 18.4 Å². The summed E-state index contributed by atoms with van der Waals surface area (Å²) in [6, 6.07) is 12.0. The van der Waals surface area contributed by atoms with Gasteiger partial charge in [0.2, 0.25) is 0 Å². The molecule has 0 atom stereocenters. The van der Waals surface area contributed by atoms with Gasteiger partial charge in [-0.05, 0) is 30.2 Å². The molecule has 3 rings (SSSR count). The van der Waals surface area contributed by atoms with Gasteiger partial charge in [0.25, 0.3) is 0 Å². The quantitative estimate of drug-likeness (QED) is 0.745. The fourth-order valence-corrected chi connectivity index (χ4v) is 2.81. The van der Waals surface area contributed by atoms with E-state index in [0.29, 0.717) is 6.54 Å². The van der Waals surface area contributed by atoms with E-state index in [1.54, 1.807) is 17.0 Å². The highest BCUT2D eigenvalue weighted by Crippen LogP contribution is 2.26. The number of pyridine rings is 1. The van der Waals surface area contributed by atoms with E-state index >= 15 is 0 Å². The minimum atomic E-state index is -0.178. The lowest BCUT2D eigenvalue weighted by molar-refractivity contribution is 0.561. The minimum Gasteiger partial charge on any atom is -0.292 e. The van der Waals surface area contributed by atoms with Crippen molar-refractivity contribution in [3.8, 4) is 0 Å². The minimum absolute atomic E-state index is 0.164. The Kier molecular flexibility index (Phi) is 3.99. The molecule has 0 bridgehead atoms. The number of aromatic nitrogens is 3. The van der Waals surface area contributed by atoms with E-state index in [4.69, 9.17) is 0 Å². The summed E-state index contributed by atoms with van der Waals surface area (Å²) in [5, 5.41) is 1.05. The Morgan fingerprint density at radius 2 is 1.74 bits per heavy atom. The average Bonchev–Trinajstić information content (AvgIpc) is 2.53. The Hall–Kier alpha value is -2.49. The largest absolute Gasteiger partial charge is 0.348 e. The van der Waals surface area contributed by atoms with Crippen LogP contribution in [0, 0.1) is 0 Å². The van der Waals surface area contributed by atoms with Crippen LogP contribution in [0.2, 0.25) is 0 Å². The number of para-hydroxylation sites is 1. The summed E-state index contributed by atoms with van der Waals surface area (Å²) in [5.74, 6) is 0. The van der Waals surface area contributed by atoms with Gasteiger partial charge >= 0.3 is 5.69 Å². The van der Waals surface area contributed by atoms with Crippen LogP contribution in [0.1, 0.15) is 32.0 Å². The highest BCUT2D eigenvalue weighted by Gasteiger charge is 2.21. The molecule has 0 aliphatic heterocycles. The second-order valence-corrected chi connectivity index (χ2v) is 6.77. The van der Waals surface area contributed by atoms with Crippen molar-refractivity contribution >= 4 is 10.9 Å². The van der Waals surface area contributed by atoms with Gasteiger partial charge < -0.3 is 0 Å². The van der Waals surface area contributed by atoms with Crippen LogP contribution < -0.4 is 5.69 Å². The Morgan fingerprint density at radius 1 is 1.04 bits per heavy atom. The molecule has 2 aromatic heterocycles. The lowest BCUT2D eigenvalue weighted by Gasteiger charge is -2.21. The molecule has 4 nitrogen and oxygen atoms in total. The molecule has 0 unspecified atom stereocenters. The van der Waals surface area contributed by atoms with Crippen molar-refractivity contribution in [1.82, 2.24) is 14.5 Å². The maximum atomic E-state index is 12.6. The van der Waals surface area contributed by atoms with Gasteiger partial charge in [-0.3, -0.25) is 9.55 Å². The topological polar surface area (TPSA) is 47.8 Å². The highest BCUT2D eigenvalue weighted by atomic mass is 16.1. The number of nitrogens with zero attached hydrogens (tertiary/aromatic N) is 3. The van der Waals surface area contributed by atoms with Crippen LogP contribution in [0.3, 0.4) is 0 Å². The molecule has 0 amide bonds. The zero-order chi connectivity index (χ0) is 16.4. The summed E-state index contributed by atoms with van der Waals surface area (Å²) in [6.07, 6.45) is 4.33. The van der Waals surface area contributed by atoms with Gasteiger partial charge in [0, 0.05) is 29.7 Å². The molecule has 4 heteroatoms. The number of rotatable bonds is 3. The van der Waals surface area contributed by atoms with Crippen LogP contribution in [0.5, 0.6) is 0 Å². The first-order valence-corrected chi connectivity index (χ1v) is 7.86. The molecule has 0 radical (unpaired) electrons. The Morgan fingerprint density at radius 3 is 2.43 bits per heavy atom. The van der Waals surface area contributed by atoms with E-state index in [0.717, 1.165) is 28.6 Å². The fraction of sp³-hybridized carbons (Fsp3) is 0.316. The second kappa shape index (κ2) is 5.95. The van der Waals surface area contributed by atoms with E-state index in [1.165, 1.54) is 0 Å². The first kappa shape index (κ1) is 15.4. The molecular weight excluding hydrogens is 286 g/mol. The maximum Gasteiger partial charge on any atom is 0.348 e. The zero-order valence-electron chi connectivity index (χ0n) is 13.8. The molecule has 1 aromatic carbocycles. The molecule has 23 heavy (non-hydrogen) atoms. The van der Waals surface area contributed by atoms with Crippen molar-refractivity contribution < 1.29 is 0 Å². The third-order valence-electron chi connectivity index (χ3n) is 3.97. The van der Waals surface area contributed by atoms with Crippen molar-refractivity contribution in [2.45, 2.75) is 39.2 Å². The Bertz CT molecular complexity index is 876. The predicted octanol–water partition coefficient (Wildman–Crippen LogP) is 3.33. The van der Waals surface area contributed by atoms with Crippen molar-refractivity contribution in [2.24, 2.45) is 0 Å². The third-order valence-corrected chi connectivity index (χ3v) is 3.97. The van der Waals surface area contributed by atoms with E-state index in [-0.39, 0.29) is 11.1 Å².